The fraction of sp³-hybridized carbons (Fsp3) is 0.647. The summed E-state index contributed by atoms with van der Waals surface area (Å²) < 4.78 is 0. The number of hydrogen-bond acceptors (Lipinski definition) is 2. The van der Waals surface area contributed by atoms with Crippen molar-refractivity contribution in [3.63, 3.8) is 0 Å². The Hall–Kier alpha value is -0.860. The van der Waals surface area contributed by atoms with Gasteiger partial charge in [0, 0.05) is 19.1 Å². The summed E-state index contributed by atoms with van der Waals surface area (Å²) in [7, 11) is 0. The van der Waals surface area contributed by atoms with Gasteiger partial charge in [-0.3, -0.25) is 4.90 Å². The Morgan fingerprint density at radius 2 is 1.95 bits per heavy atom. The molecular formula is C17H26N2. The molecule has 3 rings (SSSR count). The molecule has 1 aromatic carbocycles. The minimum absolute atomic E-state index is 0.799. The predicted octanol–water partition coefficient (Wildman–Crippen LogP) is 2.82. The first-order valence-corrected chi connectivity index (χ1v) is 7.88. The SMILES string of the molecule is CCc1ccc(CN2CCC3NCCCC3C2)cc1. The van der Waals surface area contributed by atoms with Gasteiger partial charge in [0.1, 0.15) is 0 Å². The largest absolute Gasteiger partial charge is 0.314 e. The van der Waals surface area contributed by atoms with Crippen molar-refractivity contribution in [3.8, 4) is 0 Å². The lowest BCUT2D eigenvalue weighted by Crippen LogP contribution is -2.51. The van der Waals surface area contributed by atoms with E-state index in [0.29, 0.717) is 0 Å². The van der Waals surface area contributed by atoms with Crippen molar-refractivity contribution in [1.82, 2.24) is 10.2 Å². The molecule has 2 saturated heterocycles. The highest BCUT2D eigenvalue weighted by Gasteiger charge is 2.30. The molecule has 0 aromatic heterocycles. The summed E-state index contributed by atoms with van der Waals surface area (Å²) >= 11 is 0. The second-order valence-electron chi connectivity index (χ2n) is 6.16. The van der Waals surface area contributed by atoms with Gasteiger partial charge in [0.25, 0.3) is 0 Å². The summed E-state index contributed by atoms with van der Waals surface area (Å²) in [5, 5.41) is 3.69. The van der Waals surface area contributed by atoms with Crippen molar-refractivity contribution in [1.29, 1.82) is 0 Å². The molecule has 0 amide bonds. The van der Waals surface area contributed by atoms with Crippen LogP contribution in [0.25, 0.3) is 0 Å². The third-order valence-corrected chi connectivity index (χ3v) is 4.81. The van der Waals surface area contributed by atoms with Gasteiger partial charge in [-0.25, -0.2) is 0 Å². The minimum atomic E-state index is 0.799. The predicted molar refractivity (Wildman–Crippen MR) is 80.2 cm³/mol. The van der Waals surface area contributed by atoms with Crippen LogP contribution in [0.5, 0.6) is 0 Å². The van der Waals surface area contributed by atoms with Crippen LogP contribution < -0.4 is 5.32 Å². The molecular weight excluding hydrogens is 232 g/mol. The van der Waals surface area contributed by atoms with Gasteiger partial charge < -0.3 is 5.32 Å². The van der Waals surface area contributed by atoms with E-state index >= 15 is 0 Å². The molecule has 1 N–H and O–H groups in total. The van der Waals surface area contributed by atoms with Gasteiger partial charge in [-0.2, -0.15) is 0 Å². The molecule has 2 aliphatic rings. The van der Waals surface area contributed by atoms with E-state index in [9.17, 15) is 0 Å². The molecule has 2 heteroatoms. The van der Waals surface area contributed by atoms with Gasteiger partial charge in [-0.1, -0.05) is 31.2 Å². The lowest BCUT2D eigenvalue weighted by atomic mass is 9.85. The highest BCUT2D eigenvalue weighted by atomic mass is 15.2. The van der Waals surface area contributed by atoms with Crippen molar-refractivity contribution >= 4 is 0 Å². The molecule has 2 unspecified atom stereocenters. The number of nitrogens with one attached hydrogen (secondary N) is 1. The Kier molecular flexibility index (Phi) is 4.19. The lowest BCUT2D eigenvalue weighted by Gasteiger charge is -2.41. The van der Waals surface area contributed by atoms with Gasteiger partial charge >= 0.3 is 0 Å². The second-order valence-corrected chi connectivity index (χ2v) is 6.16. The van der Waals surface area contributed by atoms with Crippen LogP contribution in [0.15, 0.2) is 24.3 Å². The Labute approximate surface area is 117 Å². The van der Waals surface area contributed by atoms with Crippen LogP contribution in [0.2, 0.25) is 0 Å². The van der Waals surface area contributed by atoms with E-state index in [1.165, 1.54) is 50.0 Å². The van der Waals surface area contributed by atoms with E-state index in [1.807, 2.05) is 0 Å². The van der Waals surface area contributed by atoms with Crippen LogP contribution in [0.3, 0.4) is 0 Å². The number of benzene rings is 1. The van der Waals surface area contributed by atoms with Crippen LogP contribution >= 0.6 is 0 Å². The molecule has 2 heterocycles. The molecule has 2 fully saturated rings. The summed E-state index contributed by atoms with van der Waals surface area (Å²) in [6, 6.07) is 9.98. The highest BCUT2D eigenvalue weighted by molar-refractivity contribution is 5.22. The third-order valence-electron chi connectivity index (χ3n) is 4.81. The number of nitrogens with zero attached hydrogens (tertiary/aromatic N) is 1. The Morgan fingerprint density at radius 3 is 2.74 bits per heavy atom. The average Bonchev–Trinajstić information content (AvgIpc) is 2.48. The number of likely N-dealkylation sites (tertiary alicyclic amines) is 1. The van der Waals surface area contributed by atoms with Gasteiger partial charge in [0.2, 0.25) is 0 Å². The first-order chi connectivity index (χ1) is 9.35. The summed E-state index contributed by atoms with van der Waals surface area (Å²) in [6.45, 7) is 7.12. The number of aryl methyl sites for hydroxylation is 1. The van der Waals surface area contributed by atoms with Gasteiger partial charge in [0.15, 0.2) is 0 Å². The molecule has 0 radical (unpaired) electrons. The zero-order chi connectivity index (χ0) is 13.1. The monoisotopic (exact) mass is 258 g/mol. The molecule has 2 nitrogen and oxygen atoms in total. The number of hydrogen-bond donors (Lipinski definition) is 1. The fourth-order valence-electron chi connectivity index (χ4n) is 3.60. The third kappa shape index (κ3) is 3.18. The van der Waals surface area contributed by atoms with Crippen LogP contribution in [0, 0.1) is 5.92 Å². The standard InChI is InChI=1S/C17H26N2/c1-2-14-5-7-15(8-6-14)12-19-11-9-17-16(13-19)4-3-10-18-17/h5-8,16-18H,2-4,9-13H2,1H3. The lowest BCUT2D eigenvalue weighted by molar-refractivity contribution is 0.109. The van der Waals surface area contributed by atoms with Crippen molar-refractivity contribution in [2.75, 3.05) is 19.6 Å². The van der Waals surface area contributed by atoms with E-state index in [2.05, 4.69) is 41.4 Å². The van der Waals surface area contributed by atoms with E-state index in [-0.39, 0.29) is 0 Å². The summed E-state index contributed by atoms with van der Waals surface area (Å²) in [5.74, 6) is 0.886. The Bertz CT molecular complexity index is 398. The first-order valence-electron chi connectivity index (χ1n) is 7.88. The van der Waals surface area contributed by atoms with E-state index in [0.717, 1.165) is 24.9 Å². The van der Waals surface area contributed by atoms with E-state index < -0.39 is 0 Å². The van der Waals surface area contributed by atoms with Crippen LogP contribution in [0.4, 0.5) is 0 Å². The average molecular weight is 258 g/mol. The molecule has 1 aromatic rings. The Balaban J connectivity index is 1.57. The molecule has 0 spiro atoms. The van der Waals surface area contributed by atoms with Gasteiger partial charge in [-0.05, 0) is 55.8 Å². The highest BCUT2D eigenvalue weighted by Crippen LogP contribution is 2.25. The first kappa shape index (κ1) is 13.1. The van der Waals surface area contributed by atoms with Crippen molar-refractivity contribution in [3.05, 3.63) is 35.4 Å². The summed E-state index contributed by atoms with van der Waals surface area (Å²) in [6.07, 6.45) is 5.25. The number of fused-ring (bicyclic) bond motifs is 1. The summed E-state index contributed by atoms with van der Waals surface area (Å²) in [4.78, 5) is 2.65. The maximum Gasteiger partial charge on any atom is 0.0233 e. The number of piperidine rings is 2. The zero-order valence-corrected chi connectivity index (χ0v) is 12.1. The van der Waals surface area contributed by atoms with Crippen molar-refractivity contribution in [2.45, 2.75) is 45.2 Å². The van der Waals surface area contributed by atoms with Crippen molar-refractivity contribution in [2.24, 2.45) is 5.92 Å². The van der Waals surface area contributed by atoms with Gasteiger partial charge in [-0.15, -0.1) is 0 Å². The topological polar surface area (TPSA) is 15.3 Å². The molecule has 2 aliphatic heterocycles. The molecule has 104 valence electrons. The maximum atomic E-state index is 3.69. The normalized spacial score (nSPS) is 28.1. The second kappa shape index (κ2) is 6.06. The van der Waals surface area contributed by atoms with Crippen LogP contribution in [0.1, 0.15) is 37.3 Å². The van der Waals surface area contributed by atoms with Crippen LogP contribution in [-0.4, -0.2) is 30.6 Å². The summed E-state index contributed by atoms with van der Waals surface area (Å²) in [5.41, 5.74) is 2.92. The van der Waals surface area contributed by atoms with Crippen molar-refractivity contribution < 1.29 is 0 Å². The fourth-order valence-corrected chi connectivity index (χ4v) is 3.60. The van der Waals surface area contributed by atoms with E-state index in [4.69, 9.17) is 0 Å². The minimum Gasteiger partial charge on any atom is -0.314 e. The molecule has 0 bridgehead atoms. The maximum absolute atomic E-state index is 3.69. The van der Waals surface area contributed by atoms with E-state index in [1.54, 1.807) is 0 Å². The Morgan fingerprint density at radius 1 is 1.16 bits per heavy atom. The quantitative estimate of drug-likeness (QED) is 0.897. The van der Waals surface area contributed by atoms with Crippen LogP contribution in [-0.2, 0) is 13.0 Å². The molecule has 19 heavy (non-hydrogen) atoms. The zero-order valence-electron chi connectivity index (χ0n) is 12.1. The molecule has 0 aliphatic carbocycles. The molecule has 2 atom stereocenters. The van der Waals surface area contributed by atoms with Gasteiger partial charge in [0.05, 0.1) is 0 Å². The molecule has 0 saturated carbocycles. The number of rotatable bonds is 3. The smallest absolute Gasteiger partial charge is 0.0233 e.